The van der Waals surface area contributed by atoms with Gasteiger partial charge in [0, 0.05) is 11.5 Å². The van der Waals surface area contributed by atoms with E-state index in [2.05, 4.69) is 15.3 Å². The summed E-state index contributed by atoms with van der Waals surface area (Å²) in [4.78, 5) is 20.3. The molecule has 3 aromatic rings. The zero-order valence-corrected chi connectivity index (χ0v) is 15.3. The number of benzene rings is 1. The molecule has 0 atom stereocenters. The zero-order chi connectivity index (χ0) is 18.4. The Labute approximate surface area is 161 Å². The molecule has 0 bridgehead atoms. The van der Waals surface area contributed by atoms with Crippen molar-refractivity contribution in [3.8, 4) is 16.6 Å². The van der Waals surface area contributed by atoms with Crippen molar-refractivity contribution in [2.45, 2.75) is 12.8 Å². The Bertz CT molecular complexity index is 1080. The highest BCUT2D eigenvalue weighted by Crippen LogP contribution is 2.42. The molecule has 0 unspecified atom stereocenters. The number of fused-ring (bicyclic) bond motifs is 1. The minimum Gasteiger partial charge on any atom is -0.309 e. The fraction of sp³-hybridized carbons (Fsp3) is 0.176. The fourth-order valence-electron chi connectivity index (χ4n) is 2.49. The number of nitrogens with one attached hydrogen (secondary N) is 1. The van der Waals surface area contributed by atoms with Gasteiger partial charge in [0.15, 0.2) is 11.6 Å². The first-order valence-electron chi connectivity index (χ1n) is 7.63. The van der Waals surface area contributed by atoms with Crippen LogP contribution in [0.15, 0.2) is 18.3 Å². The van der Waals surface area contributed by atoms with Crippen molar-refractivity contribution in [3.63, 3.8) is 0 Å². The van der Waals surface area contributed by atoms with Crippen molar-refractivity contribution in [1.29, 1.82) is 5.26 Å². The quantitative estimate of drug-likeness (QED) is 0.661. The molecule has 2 heterocycles. The molecule has 1 aliphatic rings. The van der Waals surface area contributed by atoms with Crippen molar-refractivity contribution < 1.29 is 9.18 Å². The molecule has 4 rings (SSSR count). The smallest absolute Gasteiger partial charge is 0.228 e. The summed E-state index contributed by atoms with van der Waals surface area (Å²) in [5, 5.41) is 12.6. The summed E-state index contributed by atoms with van der Waals surface area (Å²) in [5.74, 6) is -0.475. The van der Waals surface area contributed by atoms with Crippen LogP contribution in [0.4, 0.5) is 10.2 Å². The van der Waals surface area contributed by atoms with Gasteiger partial charge >= 0.3 is 0 Å². The lowest BCUT2D eigenvalue weighted by atomic mass is 10.1. The number of halogens is 3. The number of nitriles is 1. The average Bonchev–Trinajstić information content (AvgIpc) is 3.36. The molecule has 2 aromatic heterocycles. The predicted octanol–water partition coefficient (Wildman–Crippen LogP) is 5.02. The Balaban J connectivity index is 1.84. The Hall–Kier alpha value is -2.27. The number of aromatic nitrogens is 2. The van der Waals surface area contributed by atoms with E-state index < -0.39 is 5.82 Å². The van der Waals surface area contributed by atoms with Crippen LogP contribution in [-0.4, -0.2) is 15.9 Å². The van der Waals surface area contributed by atoms with Crippen LogP contribution in [0.25, 0.3) is 20.8 Å². The predicted molar refractivity (Wildman–Crippen MR) is 98.9 cm³/mol. The third-order valence-corrected chi connectivity index (χ3v) is 5.63. The molecule has 130 valence electrons. The molecular weight excluding hydrogens is 398 g/mol. The minimum atomic E-state index is -0.604. The van der Waals surface area contributed by atoms with Crippen LogP contribution in [0.2, 0.25) is 10.0 Å². The first-order chi connectivity index (χ1) is 12.5. The number of amides is 1. The Morgan fingerprint density at radius 3 is 2.65 bits per heavy atom. The molecule has 0 saturated heterocycles. The normalized spacial score (nSPS) is 13.6. The second-order valence-corrected chi connectivity index (χ2v) is 7.66. The Morgan fingerprint density at radius 1 is 1.35 bits per heavy atom. The second kappa shape index (κ2) is 6.47. The zero-order valence-electron chi connectivity index (χ0n) is 13.0. The van der Waals surface area contributed by atoms with Crippen LogP contribution in [0.3, 0.4) is 0 Å². The van der Waals surface area contributed by atoms with Gasteiger partial charge in [-0.3, -0.25) is 4.79 Å². The van der Waals surface area contributed by atoms with E-state index in [1.54, 1.807) is 0 Å². The molecule has 0 radical (unpaired) electrons. The van der Waals surface area contributed by atoms with Crippen molar-refractivity contribution in [2.24, 2.45) is 5.92 Å². The minimum absolute atomic E-state index is 0.00768. The Morgan fingerprint density at radius 2 is 2.04 bits per heavy atom. The van der Waals surface area contributed by atoms with Crippen LogP contribution in [0.5, 0.6) is 0 Å². The molecule has 1 N–H and O–H groups in total. The van der Waals surface area contributed by atoms with E-state index in [4.69, 9.17) is 28.5 Å². The van der Waals surface area contributed by atoms with Gasteiger partial charge in [0.05, 0.1) is 27.9 Å². The first kappa shape index (κ1) is 17.2. The van der Waals surface area contributed by atoms with E-state index in [0.717, 1.165) is 30.4 Å². The lowest BCUT2D eigenvalue weighted by Gasteiger charge is -2.04. The van der Waals surface area contributed by atoms with Crippen LogP contribution >= 0.6 is 34.5 Å². The largest absolute Gasteiger partial charge is 0.309 e. The van der Waals surface area contributed by atoms with Crippen LogP contribution in [-0.2, 0) is 4.79 Å². The highest BCUT2D eigenvalue weighted by atomic mass is 35.5. The van der Waals surface area contributed by atoms with E-state index in [-0.39, 0.29) is 33.2 Å². The Kier molecular flexibility index (Phi) is 4.27. The van der Waals surface area contributed by atoms with E-state index in [0.29, 0.717) is 20.8 Å². The number of anilines is 1. The van der Waals surface area contributed by atoms with Crippen molar-refractivity contribution in [2.75, 3.05) is 5.32 Å². The highest BCUT2D eigenvalue weighted by molar-refractivity contribution is 7.22. The number of carbonyl (C=O) groups is 1. The molecule has 1 fully saturated rings. The average molecular weight is 407 g/mol. The van der Waals surface area contributed by atoms with Crippen molar-refractivity contribution in [3.05, 3.63) is 39.8 Å². The highest BCUT2D eigenvalue weighted by Gasteiger charge is 2.30. The van der Waals surface area contributed by atoms with Crippen LogP contribution in [0.1, 0.15) is 18.4 Å². The molecule has 1 saturated carbocycles. The van der Waals surface area contributed by atoms with Crippen molar-refractivity contribution in [1.82, 2.24) is 9.97 Å². The number of pyridine rings is 1. The molecule has 0 spiro atoms. The summed E-state index contributed by atoms with van der Waals surface area (Å²) in [6.45, 7) is 0. The number of carbonyl (C=O) groups excluding carboxylic acids is 1. The van der Waals surface area contributed by atoms with Gasteiger partial charge in [-0.1, -0.05) is 23.2 Å². The summed E-state index contributed by atoms with van der Waals surface area (Å²) in [6.07, 6.45) is 2.72. The topological polar surface area (TPSA) is 78.7 Å². The maximum absolute atomic E-state index is 14.2. The molecular formula is C17H9Cl2FN4OS. The van der Waals surface area contributed by atoms with Gasteiger partial charge in [0.2, 0.25) is 5.91 Å². The second-order valence-electron chi connectivity index (χ2n) is 5.84. The number of hydrogen-bond acceptors (Lipinski definition) is 5. The maximum atomic E-state index is 14.2. The molecule has 0 aliphatic heterocycles. The SMILES string of the molecule is N#Cc1cc(Cl)c(-c2nc3c(F)cnc(NC(=O)C4CC4)c3s2)c(Cl)c1. The van der Waals surface area contributed by atoms with E-state index >= 15 is 0 Å². The molecule has 9 heteroatoms. The van der Waals surface area contributed by atoms with E-state index in [1.807, 2.05) is 6.07 Å². The van der Waals surface area contributed by atoms with Gasteiger partial charge < -0.3 is 5.32 Å². The van der Waals surface area contributed by atoms with Gasteiger partial charge in [0.25, 0.3) is 0 Å². The monoisotopic (exact) mass is 406 g/mol. The fourth-order valence-corrected chi connectivity index (χ4v) is 4.36. The van der Waals surface area contributed by atoms with E-state index in [1.165, 1.54) is 12.1 Å². The summed E-state index contributed by atoms with van der Waals surface area (Å²) < 4.78 is 14.6. The van der Waals surface area contributed by atoms with Crippen LogP contribution in [0, 0.1) is 23.1 Å². The maximum Gasteiger partial charge on any atom is 0.228 e. The number of rotatable bonds is 3. The van der Waals surface area contributed by atoms with Crippen LogP contribution < -0.4 is 5.32 Å². The number of thiazole rings is 1. The van der Waals surface area contributed by atoms with Gasteiger partial charge in [-0.2, -0.15) is 5.26 Å². The molecule has 5 nitrogen and oxygen atoms in total. The summed E-state index contributed by atoms with van der Waals surface area (Å²) in [7, 11) is 0. The third-order valence-electron chi connectivity index (χ3n) is 3.95. The lowest BCUT2D eigenvalue weighted by Crippen LogP contribution is -2.14. The third kappa shape index (κ3) is 3.01. The molecule has 1 aliphatic carbocycles. The first-order valence-corrected chi connectivity index (χ1v) is 9.20. The van der Waals surface area contributed by atoms with Gasteiger partial charge in [0.1, 0.15) is 15.2 Å². The van der Waals surface area contributed by atoms with Crippen molar-refractivity contribution >= 4 is 56.5 Å². The van der Waals surface area contributed by atoms with E-state index in [9.17, 15) is 9.18 Å². The summed E-state index contributed by atoms with van der Waals surface area (Å²) in [6, 6.07) is 4.91. The van der Waals surface area contributed by atoms with Gasteiger partial charge in [-0.25, -0.2) is 14.4 Å². The number of nitrogens with zero attached hydrogens (tertiary/aromatic N) is 3. The van der Waals surface area contributed by atoms with Gasteiger partial charge in [-0.05, 0) is 25.0 Å². The lowest BCUT2D eigenvalue weighted by molar-refractivity contribution is -0.117. The molecule has 26 heavy (non-hydrogen) atoms. The van der Waals surface area contributed by atoms with Gasteiger partial charge in [-0.15, -0.1) is 11.3 Å². The summed E-state index contributed by atoms with van der Waals surface area (Å²) in [5.41, 5.74) is 0.810. The standard InChI is InChI=1S/C17H9Cl2FN4OS/c18-9-3-7(5-21)4-10(19)12(9)17-23-13-11(20)6-22-15(14(13)26-17)24-16(25)8-1-2-8/h3-4,6,8H,1-2H2,(H,22,24,25). The molecule has 1 amide bonds. The summed E-state index contributed by atoms with van der Waals surface area (Å²) >= 11 is 13.6. The number of hydrogen-bond donors (Lipinski definition) is 1. The molecule has 1 aromatic carbocycles.